The van der Waals surface area contributed by atoms with E-state index in [2.05, 4.69) is 14.5 Å². The highest BCUT2D eigenvalue weighted by atomic mass is 19.4. The van der Waals surface area contributed by atoms with Crippen molar-refractivity contribution in [2.24, 2.45) is 10.9 Å². The Balaban J connectivity index is 2.41. The van der Waals surface area contributed by atoms with Crippen molar-refractivity contribution in [2.45, 2.75) is 61.5 Å². The first-order valence-corrected chi connectivity index (χ1v) is 12.4. The number of esters is 2. The maximum absolute atomic E-state index is 14.1. The van der Waals surface area contributed by atoms with Gasteiger partial charge in [0.25, 0.3) is 5.69 Å². The Hall–Kier alpha value is -4.45. The number of carbonyl (C=O) groups is 2. The third kappa shape index (κ3) is 6.56. The van der Waals surface area contributed by atoms with Crippen LogP contribution in [0.5, 0.6) is 0 Å². The van der Waals surface area contributed by atoms with E-state index in [0.717, 1.165) is 26.2 Å². The summed E-state index contributed by atoms with van der Waals surface area (Å²) in [6.07, 6.45) is -11.8. The van der Waals surface area contributed by atoms with Gasteiger partial charge in [-0.3, -0.25) is 14.9 Å². The Bertz CT molecular complexity index is 1520. The fraction of sp³-hybridized carbons (Fsp3) is 0.520. The molecule has 1 aliphatic rings. The minimum atomic E-state index is -8.07. The number of nitrogens with zero attached hydrogens (tertiary/aromatic N) is 3. The van der Waals surface area contributed by atoms with Gasteiger partial charge in [-0.1, -0.05) is 18.2 Å². The predicted octanol–water partition coefficient (Wildman–Crippen LogP) is 6.78. The number of aliphatic imine (C=N–C) groups is 1. The zero-order valence-corrected chi connectivity index (χ0v) is 23.3. The molecular weight excluding hydrogens is 685 g/mol. The first-order valence-electron chi connectivity index (χ1n) is 12.4. The summed E-state index contributed by atoms with van der Waals surface area (Å²) in [5.41, 5.74) is -2.94. The fourth-order valence-corrected chi connectivity index (χ4v) is 4.35. The number of ether oxygens (including phenoxy) is 2. The molecule has 0 spiro atoms. The van der Waals surface area contributed by atoms with Crippen LogP contribution in [0.2, 0.25) is 0 Å². The Morgan fingerprint density at radius 2 is 1.47 bits per heavy atom. The zero-order chi connectivity index (χ0) is 36.6. The van der Waals surface area contributed by atoms with Crippen molar-refractivity contribution >= 4 is 23.3 Å². The third-order valence-corrected chi connectivity index (χ3v) is 6.74. The lowest BCUT2D eigenvalue weighted by Gasteiger charge is -2.39. The van der Waals surface area contributed by atoms with Crippen LogP contribution in [0.25, 0.3) is 0 Å². The molecule has 47 heavy (non-hydrogen) atoms. The highest BCUT2D eigenvalue weighted by molar-refractivity contribution is 6.14. The number of benzene rings is 1. The smallest absolute Gasteiger partial charge is 0.460 e. The number of halogens is 13. The minimum Gasteiger partial charge on any atom is -0.468 e. The molecule has 0 radical (unpaired) electrons. The molecule has 2 atom stereocenters. The first-order chi connectivity index (χ1) is 21.3. The number of carbonyl (C=O) groups excluding carboxylic acids is 2. The standard InChI is InChI=1S/C25H18F13N3O6/c1-11-15(16(12-6-3-4-7-14(12)41(44)45)17(18(42)46-2)13(10-39)40-11)19(43)47-9-5-8-20(26,27)21(28,29)22(30,31)23(32,33)24(34,35)25(36,37)38/h3-4,6-7,16-17H,5,8-9H2,1-2H3. The van der Waals surface area contributed by atoms with E-state index in [1.807, 2.05) is 0 Å². The molecule has 0 aromatic heterocycles. The number of allylic oxidation sites excluding steroid dienone is 1. The summed E-state index contributed by atoms with van der Waals surface area (Å²) < 4.78 is 182. The minimum absolute atomic E-state index is 0.410. The second-order valence-electron chi connectivity index (χ2n) is 9.64. The van der Waals surface area contributed by atoms with Gasteiger partial charge >= 0.3 is 47.7 Å². The number of rotatable bonds is 12. The summed E-state index contributed by atoms with van der Waals surface area (Å²) in [4.78, 5) is 40.1. The molecular formula is C25H18F13N3O6. The van der Waals surface area contributed by atoms with E-state index < -0.39 is 112 Å². The quantitative estimate of drug-likeness (QED) is 0.0771. The topological polar surface area (TPSA) is 132 Å². The maximum atomic E-state index is 14.1. The second-order valence-corrected chi connectivity index (χ2v) is 9.64. The van der Waals surface area contributed by atoms with E-state index in [0.29, 0.717) is 0 Å². The number of methoxy groups -OCH3 is 1. The molecule has 0 N–H and O–H groups in total. The van der Waals surface area contributed by atoms with Crippen LogP contribution in [0.15, 0.2) is 40.5 Å². The van der Waals surface area contributed by atoms with Gasteiger partial charge in [-0.15, -0.1) is 0 Å². The Morgan fingerprint density at radius 3 is 1.96 bits per heavy atom. The summed E-state index contributed by atoms with van der Waals surface area (Å²) in [6.45, 7) is -0.444. The molecule has 1 aromatic carbocycles. The molecule has 2 unspecified atom stereocenters. The van der Waals surface area contributed by atoms with Gasteiger partial charge in [-0.05, 0) is 13.3 Å². The molecule has 1 heterocycles. The van der Waals surface area contributed by atoms with Gasteiger partial charge in [0, 0.05) is 29.7 Å². The number of nitro groups is 1. The molecule has 2 rings (SSSR count). The number of hydrogen-bond acceptors (Lipinski definition) is 8. The number of nitriles is 1. The summed E-state index contributed by atoms with van der Waals surface area (Å²) in [5.74, 6) is -44.5. The number of hydrogen-bond donors (Lipinski definition) is 0. The Morgan fingerprint density at radius 1 is 0.936 bits per heavy atom. The van der Waals surface area contributed by atoms with Gasteiger partial charge in [0.2, 0.25) is 0 Å². The predicted molar refractivity (Wildman–Crippen MR) is 128 cm³/mol. The summed E-state index contributed by atoms with van der Waals surface area (Å²) in [7, 11) is 0.830. The van der Waals surface area contributed by atoms with E-state index >= 15 is 0 Å². The molecule has 9 nitrogen and oxygen atoms in total. The fourth-order valence-electron chi connectivity index (χ4n) is 4.35. The molecule has 1 aromatic rings. The van der Waals surface area contributed by atoms with Crippen molar-refractivity contribution in [1.82, 2.24) is 0 Å². The van der Waals surface area contributed by atoms with Crippen molar-refractivity contribution in [3.63, 3.8) is 0 Å². The van der Waals surface area contributed by atoms with Crippen LogP contribution < -0.4 is 0 Å². The summed E-state index contributed by atoms with van der Waals surface area (Å²) in [6, 6.07) is 5.89. The molecule has 0 bridgehead atoms. The molecule has 0 fully saturated rings. The number of alkyl halides is 13. The van der Waals surface area contributed by atoms with Crippen molar-refractivity contribution in [3.8, 4) is 6.07 Å². The van der Waals surface area contributed by atoms with E-state index in [-0.39, 0.29) is 0 Å². The van der Waals surface area contributed by atoms with Crippen LogP contribution in [0.4, 0.5) is 62.8 Å². The van der Waals surface area contributed by atoms with Crippen molar-refractivity contribution in [1.29, 1.82) is 5.26 Å². The lowest BCUT2D eigenvalue weighted by Crippen LogP contribution is -2.70. The number of nitro benzene ring substituents is 1. The molecule has 0 aliphatic carbocycles. The van der Waals surface area contributed by atoms with Crippen LogP contribution in [0.1, 0.15) is 31.2 Å². The lowest BCUT2D eigenvalue weighted by atomic mass is 9.75. The van der Waals surface area contributed by atoms with Gasteiger partial charge in [0.15, 0.2) is 0 Å². The first kappa shape index (κ1) is 38.7. The molecule has 260 valence electrons. The van der Waals surface area contributed by atoms with E-state index in [1.54, 1.807) is 6.07 Å². The van der Waals surface area contributed by atoms with Crippen LogP contribution in [-0.2, 0) is 19.1 Å². The largest absolute Gasteiger partial charge is 0.468 e. The average molecular weight is 703 g/mol. The van der Waals surface area contributed by atoms with E-state index in [1.165, 1.54) is 12.1 Å². The maximum Gasteiger partial charge on any atom is 0.460 e. The van der Waals surface area contributed by atoms with E-state index in [4.69, 9.17) is 0 Å². The molecule has 0 saturated heterocycles. The van der Waals surface area contributed by atoms with E-state index in [9.17, 15) is 82.0 Å². The highest BCUT2D eigenvalue weighted by Crippen LogP contribution is 2.60. The third-order valence-electron chi connectivity index (χ3n) is 6.74. The average Bonchev–Trinajstić information content (AvgIpc) is 2.97. The van der Waals surface area contributed by atoms with Gasteiger partial charge in [0.05, 0.1) is 24.2 Å². The SMILES string of the molecule is COC(=O)C1C(C#N)=NC(C)=C(C(=O)OCCCC(F)(F)C(F)(F)C(F)(F)C(F)(F)C(F)(F)C(F)(F)F)C1c1ccccc1[N+](=O)[O-]. The van der Waals surface area contributed by atoms with Crippen LogP contribution in [0.3, 0.4) is 0 Å². The van der Waals surface area contributed by atoms with Gasteiger partial charge in [-0.25, -0.2) is 9.79 Å². The lowest BCUT2D eigenvalue weighted by molar-refractivity contribution is -0.440. The van der Waals surface area contributed by atoms with Crippen LogP contribution in [0, 0.1) is 27.4 Å². The summed E-state index contributed by atoms with van der Waals surface area (Å²) >= 11 is 0. The normalized spacial score (nSPS) is 18.3. The molecule has 22 heteroatoms. The Labute approximate surface area is 253 Å². The molecule has 0 amide bonds. The second kappa shape index (κ2) is 13.0. The monoisotopic (exact) mass is 703 g/mol. The van der Waals surface area contributed by atoms with Crippen molar-refractivity contribution in [2.75, 3.05) is 13.7 Å². The van der Waals surface area contributed by atoms with Crippen LogP contribution >= 0.6 is 0 Å². The highest BCUT2D eigenvalue weighted by Gasteiger charge is 2.90. The molecule has 1 aliphatic heterocycles. The summed E-state index contributed by atoms with van der Waals surface area (Å²) in [5, 5.41) is 21.2. The molecule has 0 saturated carbocycles. The van der Waals surface area contributed by atoms with Crippen molar-refractivity contribution < 1.29 is 81.1 Å². The van der Waals surface area contributed by atoms with Gasteiger partial charge < -0.3 is 9.47 Å². The number of para-hydroxylation sites is 1. The zero-order valence-electron chi connectivity index (χ0n) is 23.3. The van der Waals surface area contributed by atoms with Crippen molar-refractivity contribution in [3.05, 3.63) is 51.2 Å². The van der Waals surface area contributed by atoms with Gasteiger partial charge in [0.1, 0.15) is 17.7 Å². The Kier molecular flexibility index (Phi) is 10.7. The van der Waals surface area contributed by atoms with Gasteiger partial charge in [-0.2, -0.15) is 62.3 Å². The van der Waals surface area contributed by atoms with Crippen LogP contribution in [-0.4, -0.2) is 72.1 Å².